The highest BCUT2D eigenvalue weighted by molar-refractivity contribution is 5.87. The molecule has 4 rings (SSSR count). The standard InChI is InChI=1S/C21H30O4.C2H6.2CH4/c1-12(22)25-14-8-9-20(2)13(10-14)4-5-15-16-6-7-18(24)21(16,3)11-17(23)19(15)20;1-2;;/h4,14-17,19,23H,5-11H2,1-3H3;1-2H3;2*1H4. The van der Waals surface area contributed by atoms with Gasteiger partial charge in [0.05, 0.1) is 6.10 Å². The molecule has 7 unspecified atom stereocenters. The predicted octanol–water partition coefficient (Wildman–Crippen LogP) is 5.72. The highest BCUT2D eigenvalue weighted by Crippen LogP contribution is 2.64. The fourth-order valence-corrected chi connectivity index (χ4v) is 6.87. The maximum atomic E-state index is 12.5. The Kier molecular flexibility index (Phi) is 8.32. The summed E-state index contributed by atoms with van der Waals surface area (Å²) in [5.74, 6) is 1.19. The van der Waals surface area contributed by atoms with Crippen LogP contribution < -0.4 is 0 Å². The molecule has 4 aliphatic rings. The number of ketones is 1. The Morgan fingerprint density at radius 3 is 2.45 bits per heavy atom. The Hall–Kier alpha value is -1.16. The lowest BCUT2D eigenvalue weighted by Gasteiger charge is -2.58. The number of fused-ring (bicyclic) bond motifs is 5. The minimum Gasteiger partial charge on any atom is -0.462 e. The molecule has 0 bridgehead atoms. The summed E-state index contributed by atoms with van der Waals surface area (Å²) >= 11 is 0. The Morgan fingerprint density at radius 2 is 1.83 bits per heavy atom. The number of allylic oxidation sites excluding steroid dienone is 1. The number of hydrogen-bond donors (Lipinski definition) is 1. The van der Waals surface area contributed by atoms with Gasteiger partial charge in [-0.15, -0.1) is 0 Å². The van der Waals surface area contributed by atoms with Crippen LogP contribution in [0.1, 0.15) is 94.4 Å². The molecule has 4 heteroatoms. The number of aliphatic hydroxyl groups excluding tert-OH is 1. The van der Waals surface area contributed by atoms with E-state index in [1.165, 1.54) is 12.5 Å². The van der Waals surface area contributed by atoms with E-state index < -0.39 is 6.10 Å². The van der Waals surface area contributed by atoms with Crippen molar-refractivity contribution in [3.63, 3.8) is 0 Å². The maximum Gasteiger partial charge on any atom is 0.302 e. The van der Waals surface area contributed by atoms with Crippen molar-refractivity contribution in [2.45, 2.75) is 107 Å². The van der Waals surface area contributed by atoms with Crippen molar-refractivity contribution in [1.29, 1.82) is 0 Å². The van der Waals surface area contributed by atoms with E-state index in [0.717, 1.165) is 32.1 Å². The second-order valence-electron chi connectivity index (χ2n) is 9.30. The molecule has 3 saturated carbocycles. The van der Waals surface area contributed by atoms with Gasteiger partial charge in [0.25, 0.3) is 0 Å². The van der Waals surface area contributed by atoms with Crippen molar-refractivity contribution in [2.75, 3.05) is 0 Å². The van der Waals surface area contributed by atoms with Crippen LogP contribution in [0, 0.1) is 28.6 Å². The molecule has 0 aromatic carbocycles. The van der Waals surface area contributed by atoms with Crippen LogP contribution in [0.4, 0.5) is 0 Å². The largest absolute Gasteiger partial charge is 0.462 e. The van der Waals surface area contributed by atoms with Gasteiger partial charge in [-0.3, -0.25) is 9.59 Å². The first-order valence-corrected chi connectivity index (χ1v) is 10.8. The van der Waals surface area contributed by atoms with Crippen LogP contribution in [0.2, 0.25) is 0 Å². The summed E-state index contributed by atoms with van der Waals surface area (Å²) in [6.07, 6.45) is 7.76. The summed E-state index contributed by atoms with van der Waals surface area (Å²) in [7, 11) is 0. The summed E-state index contributed by atoms with van der Waals surface area (Å²) in [5.41, 5.74) is 1.02. The first-order valence-electron chi connectivity index (χ1n) is 10.8. The maximum absolute atomic E-state index is 12.5. The second-order valence-corrected chi connectivity index (χ2v) is 9.30. The van der Waals surface area contributed by atoms with Gasteiger partial charge in [-0.25, -0.2) is 0 Å². The fourth-order valence-electron chi connectivity index (χ4n) is 6.87. The molecule has 0 amide bonds. The number of Topliss-reactive ketones (excluding diaryl/α,β-unsaturated/α-hetero) is 1. The second kappa shape index (κ2) is 9.32. The van der Waals surface area contributed by atoms with Crippen LogP contribution in [-0.2, 0) is 14.3 Å². The van der Waals surface area contributed by atoms with Gasteiger partial charge in [0.2, 0.25) is 0 Å². The first-order chi connectivity index (χ1) is 12.8. The average molecular weight is 409 g/mol. The van der Waals surface area contributed by atoms with Gasteiger partial charge in [0.1, 0.15) is 11.9 Å². The summed E-state index contributed by atoms with van der Waals surface area (Å²) in [6, 6.07) is 0. The minimum atomic E-state index is -0.410. The number of aliphatic hydroxyl groups is 1. The van der Waals surface area contributed by atoms with E-state index >= 15 is 0 Å². The zero-order chi connectivity index (χ0) is 20.0. The first kappa shape index (κ1) is 25.9. The molecule has 4 aliphatic carbocycles. The number of carbonyl (C=O) groups is 2. The van der Waals surface area contributed by atoms with Crippen molar-refractivity contribution in [3.8, 4) is 0 Å². The van der Waals surface area contributed by atoms with E-state index in [-0.39, 0.29) is 43.7 Å². The van der Waals surface area contributed by atoms with E-state index in [9.17, 15) is 14.7 Å². The Morgan fingerprint density at radius 1 is 1.17 bits per heavy atom. The lowest BCUT2D eigenvalue weighted by atomic mass is 9.47. The van der Waals surface area contributed by atoms with Crippen molar-refractivity contribution in [2.24, 2.45) is 28.6 Å². The molecular weight excluding hydrogens is 364 g/mol. The molecule has 0 heterocycles. The van der Waals surface area contributed by atoms with E-state index in [2.05, 4.69) is 19.9 Å². The SMILES string of the molecule is C.C.CC.CC(=O)OC1CCC2(C)C(=CCC3C4CCC(=O)C4(C)CC(O)C32)C1. The van der Waals surface area contributed by atoms with Gasteiger partial charge in [-0.05, 0) is 55.3 Å². The highest BCUT2D eigenvalue weighted by Gasteiger charge is 2.61. The number of carbonyl (C=O) groups excluding carboxylic acids is 2. The number of rotatable bonds is 1. The molecule has 0 saturated heterocycles. The summed E-state index contributed by atoms with van der Waals surface area (Å²) in [4.78, 5) is 23.8. The van der Waals surface area contributed by atoms with Crippen LogP contribution in [0.5, 0.6) is 0 Å². The molecular formula is C25H44O4. The quantitative estimate of drug-likeness (QED) is 0.445. The smallest absolute Gasteiger partial charge is 0.302 e. The van der Waals surface area contributed by atoms with Crippen LogP contribution in [-0.4, -0.2) is 29.1 Å². The van der Waals surface area contributed by atoms with Crippen LogP contribution >= 0.6 is 0 Å². The Bertz CT molecular complexity index is 639. The van der Waals surface area contributed by atoms with Gasteiger partial charge >= 0.3 is 5.97 Å². The van der Waals surface area contributed by atoms with Crippen molar-refractivity contribution in [1.82, 2.24) is 0 Å². The molecule has 0 aromatic rings. The molecule has 0 spiro atoms. The van der Waals surface area contributed by atoms with E-state index in [0.29, 0.717) is 30.5 Å². The molecule has 0 aromatic heterocycles. The minimum absolute atomic E-state index is 0. The number of hydrogen-bond acceptors (Lipinski definition) is 4. The molecule has 168 valence electrons. The molecule has 7 atom stereocenters. The highest BCUT2D eigenvalue weighted by atomic mass is 16.5. The molecule has 0 radical (unpaired) electrons. The van der Waals surface area contributed by atoms with E-state index in [1.54, 1.807) is 0 Å². The van der Waals surface area contributed by atoms with Crippen LogP contribution in [0.25, 0.3) is 0 Å². The third-order valence-electron chi connectivity index (χ3n) is 8.04. The van der Waals surface area contributed by atoms with Gasteiger partial charge in [-0.1, -0.05) is 54.2 Å². The van der Waals surface area contributed by atoms with Gasteiger partial charge in [-0.2, -0.15) is 0 Å². The molecule has 29 heavy (non-hydrogen) atoms. The average Bonchev–Trinajstić information content (AvgIpc) is 2.91. The Labute approximate surface area is 178 Å². The van der Waals surface area contributed by atoms with E-state index in [1.807, 2.05) is 13.8 Å². The third-order valence-corrected chi connectivity index (χ3v) is 8.04. The normalized spacial score (nSPS) is 42.3. The Balaban J connectivity index is 0.00000102. The fraction of sp³-hybridized carbons (Fsp3) is 0.840. The van der Waals surface area contributed by atoms with Crippen LogP contribution in [0.3, 0.4) is 0 Å². The van der Waals surface area contributed by atoms with Gasteiger partial charge < -0.3 is 9.84 Å². The molecule has 3 fully saturated rings. The zero-order valence-electron chi connectivity index (χ0n) is 17.6. The van der Waals surface area contributed by atoms with E-state index in [4.69, 9.17) is 4.74 Å². The topological polar surface area (TPSA) is 63.6 Å². The van der Waals surface area contributed by atoms with Gasteiger partial charge in [0, 0.05) is 25.2 Å². The predicted molar refractivity (Wildman–Crippen MR) is 118 cm³/mol. The lowest BCUT2D eigenvalue weighted by Crippen LogP contribution is -2.56. The van der Waals surface area contributed by atoms with Crippen molar-refractivity contribution < 1.29 is 19.4 Å². The number of ether oxygens (including phenoxy) is 1. The van der Waals surface area contributed by atoms with Crippen molar-refractivity contribution >= 4 is 11.8 Å². The zero-order valence-corrected chi connectivity index (χ0v) is 17.6. The molecule has 0 aliphatic heterocycles. The van der Waals surface area contributed by atoms with Crippen molar-refractivity contribution in [3.05, 3.63) is 11.6 Å². The summed E-state index contributed by atoms with van der Waals surface area (Å²) in [5, 5.41) is 11.1. The van der Waals surface area contributed by atoms with Crippen LogP contribution in [0.15, 0.2) is 11.6 Å². The third kappa shape index (κ3) is 4.06. The lowest BCUT2D eigenvalue weighted by molar-refractivity contribution is -0.152. The molecule has 4 nitrogen and oxygen atoms in total. The van der Waals surface area contributed by atoms with Gasteiger partial charge in [0.15, 0.2) is 0 Å². The summed E-state index contributed by atoms with van der Waals surface area (Å²) in [6.45, 7) is 9.86. The summed E-state index contributed by atoms with van der Waals surface area (Å²) < 4.78 is 5.46. The monoisotopic (exact) mass is 408 g/mol. The number of esters is 1. The molecule has 1 N–H and O–H groups in total.